The monoisotopic (exact) mass is 247 g/mol. The maximum Gasteiger partial charge on any atom is 0.418 e. The highest BCUT2D eigenvalue weighted by Gasteiger charge is 2.37. The van der Waals surface area contributed by atoms with Crippen molar-refractivity contribution in [3.63, 3.8) is 0 Å². The molecule has 0 aliphatic rings. The van der Waals surface area contributed by atoms with Gasteiger partial charge in [-0.05, 0) is 32.9 Å². The van der Waals surface area contributed by atoms with Crippen molar-refractivity contribution in [2.45, 2.75) is 32.5 Å². The van der Waals surface area contributed by atoms with Crippen molar-refractivity contribution in [1.29, 1.82) is 0 Å². The van der Waals surface area contributed by atoms with Crippen LogP contribution < -0.4 is 0 Å². The number of hydrogen-bond donors (Lipinski definition) is 0. The minimum atomic E-state index is -4.62. The Morgan fingerprint density at radius 2 is 1.88 bits per heavy atom. The topological polar surface area (TPSA) is 39.2 Å². The van der Waals surface area contributed by atoms with Gasteiger partial charge in [-0.15, -0.1) is 0 Å². The number of carbonyl (C=O) groups is 1. The predicted octanol–water partition coefficient (Wildman–Crippen LogP) is 3.06. The zero-order valence-corrected chi connectivity index (χ0v) is 9.63. The molecule has 1 heterocycles. The molecule has 6 heteroatoms. The third kappa shape index (κ3) is 3.72. The average molecular weight is 247 g/mol. The van der Waals surface area contributed by atoms with Gasteiger partial charge < -0.3 is 4.74 Å². The van der Waals surface area contributed by atoms with Gasteiger partial charge in [-0.25, -0.2) is 9.78 Å². The molecule has 1 rings (SSSR count). The van der Waals surface area contributed by atoms with E-state index in [2.05, 4.69) is 4.98 Å². The van der Waals surface area contributed by atoms with E-state index in [1.54, 1.807) is 20.8 Å². The van der Waals surface area contributed by atoms with Gasteiger partial charge >= 0.3 is 12.1 Å². The summed E-state index contributed by atoms with van der Waals surface area (Å²) in [6.45, 7) is 4.71. The summed E-state index contributed by atoms with van der Waals surface area (Å²) in [5, 5.41) is 0. The zero-order valence-electron chi connectivity index (χ0n) is 9.63. The molecule has 0 atom stereocenters. The van der Waals surface area contributed by atoms with Crippen LogP contribution in [-0.4, -0.2) is 16.6 Å². The standard InChI is InChI=1S/C11H12F3NO2/c1-10(2,3)17-9(16)8-7(11(12,13)14)5-4-6-15-8/h4-6H,1-3H3. The molecule has 0 aromatic carbocycles. The van der Waals surface area contributed by atoms with Crippen molar-refractivity contribution < 1.29 is 22.7 Å². The molecule has 0 bridgehead atoms. The molecule has 1 aromatic rings. The number of esters is 1. The first-order chi connectivity index (χ1) is 7.61. The van der Waals surface area contributed by atoms with Crippen LogP contribution >= 0.6 is 0 Å². The maximum absolute atomic E-state index is 12.6. The summed E-state index contributed by atoms with van der Waals surface area (Å²) in [5.41, 5.74) is -2.67. The molecule has 0 aliphatic heterocycles. The number of aromatic nitrogens is 1. The van der Waals surface area contributed by atoms with Gasteiger partial charge in [-0.1, -0.05) is 0 Å². The van der Waals surface area contributed by atoms with Gasteiger partial charge in [0.2, 0.25) is 0 Å². The van der Waals surface area contributed by atoms with Gasteiger partial charge in [0.25, 0.3) is 0 Å². The predicted molar refractivity (Wildman–Crippen MR) is 54.4 cm³/mol. The SMILES string of the molecule is CC(C)(C)OC(=O)c1ncccc1C(F)(F)F. The molecular formula is C11H12F3NO2. The molecule has 1 aromatic heterocycles. The highest BCUT2D eigenvalue weighted by Crippen LogP contribution is 2.31. The normalized spacial score (nSPS) is 12.4. The van der Waals surface area contributed by atoms with Crippen LogP contribution in [0.5, 0.6) is 0 Å². The summed E-state index contributed by atoms with van der Waals surface area (Å²) in [4.78, 5) is 15.0. The molecule has 0 amide bonds. The molecule has 0 spiro atoms. The number of rotatable bonds is 1. The molecule has 94 valence electrons. The van der Waals surface area contributed by atoms with Crippen LogP contribution in [0, 0.1) is 0 Å². The van der Waals surface area contributed by atoms with Crippen molar-refractivity contribution in [2.24, 2.45) is 0 Å². The number of hydrogen-bond acceptors (Lipinski definition) is 3. The maximum atomic E-state index is 12.6. The smallest absolute Gasteiger partial charge is 0.418 e. The lowest BCUT2D eigenvalue weighted by Gasteiger charge is -2.20. The second kappa shape index (κ2) is 4.35. The third-order valence-corrected chi connectivity index (χ3v) is 1.71. The molecule has 17 heavy (non-hydrogen) atoms. The summed E-state index contributed by atoms with van der Waals surface area (Å²) in [6, 6.07) is 1.92. The van der Waals surface area contributed by atoms with E-state index in [-0.39, 0.29) is 0 Å². The Bertz CT molecular complexity index is 421. The first-order valence-electron chi connectivity index (χ1n) is 4.87. The van der Waals surface area contributed by atoms with E-state index in [9.17, 15) is 18.0 Å². The molecule has 0 fully saturated rings. The fraction of sp³-hybridized carbons (Fsp3) is 0.455. The second-order valence-corrected chi connectivity index (χ2v) is 4.40. The average Bonchev–Trinajstić information content (AvgIpc) is 2.13. The lowest BCUT2D eigenvalue weighted by Crippen LogP contribution is -2.26. The number of halogens is 3. The quantitative estimate of drug-likeness (QED) is 0.716. The Balaban J connectivity index is 3.11. The number of pyridine rings is 1. The zero-order chi connectivity index (χ0) is 13.3. The molecule has 0 aliphatic carbocycles. The van der Waals surface area contributed by atoms with Crippen LogP contribution in [0.25, 0.3) is 0 Å². The van der Waals surface area contributed by atoms with Gasteiger partial charge in [0.15, 0.2) is 5.69 Å². The first kappa shape index (κ1) is 13.5. The lowest BCUT2D eigenvalue weighted by atomic mass is 10.1. The van der Waals surface area contributed by atoms with E-state index in [0.29, 0.717) is 0 Å². The Kier molecular flexibility index (Phi) is 3.45. The van der Waals surface area contributed by atoms with Crippen LogP contribution in [0.15, 0.2) is 18.3 Å². The van der Waals surface area contributed by atoms with Crippen molar-refractivity contribution in [3.05, 3.63) is 29.6 Å². The van der Waals surface area contributed by atoms with E-state index in [1.165, 1.54) is 0 Å². The summed E-state index contributed by atoms with van der Waals surface area (Å²) < 4.78 is 42.6. The summed E-state index contributed by atoms with van der Waals surface area (Å²) in [7, 11) is 0. The Hall–Kier alpha value is -1.59. The Morgan fingerprint density at radius 3 is 2.35 bits per heavy atom. The number of alkyl halides is 3. The summed E-state index contributed by atoms with van der Waals surface area (Å²) >= 11 is 0. The van der Waals surface area contributed by atoms with E-state index < -0.39 is 29.0 Å². The highest BCUT2D eigenvalue weighted by atomic mass is 19.4. The van der Waals surface area contributed by atoms with Crippen molar-refractivity contribution in [1.82, 2.24) is 4.98 Å². The Morgan fingerprint density at radius 1 is 1.29 bits per heavy atom. The van der Waals surface area contributed by atoms with Gasteiger partial charge in [-0.2, -0.15) is 13.2 Å². The van der Waals surface area contributed by atoms with E-state index in [0.717, 1.165) is 18.3 Å². The van der Waals surface area contributed by atoms with Crippen molar-refractivity contribution >= 4 is 5.97 Å². The number of carbonyl (C=O) groups excluding carboxylic acids is 1. The third-order valence-electron chi connectivity index (χ3n) is 1.71. The molecule has 0 radical (unpaired) electrons. The number of nitrogens with zero attached hydrogens (tertiary/aromatic N) is 1. The fourth-order valence-corrected chi connectivity index (χ4v) is 1.12. The number of ether oxygens (including phenoxy) is 1. The van der Waals surface area contributed by atoms with Crippen LogP contribution in [0.4, 0.5) is 13.2 Å². The van der Waals surface area contributed by atoms with Gasteiger partial charge in [-0.3, -0.25) is 0 Å². The van der Waals surface area contributed by atoms with E-state index >= 15 is 0 Å². The molecular weight excluding hydrogens is 235 g/mol. The van der Waals surface area contributed by atoms with Crippen LogP contribution in [0.3, 0.4) is 0 Å². The summed E-state index contributed by atoms with van der Waals surface area (Å²) in [5.74, 6) is -1.08. The minimum Gasteiger partial charge on any atom is -0.455 e. The minimum absolute atomic E-state index is 0.713. The lowest BCUT2D eigenvalue weighted by molar-refractivity contribution is -0.138. The van der Waals surface area contributed by atoms with Gasteiger partial charge in [0.1, 0.15) is 5.60 Å². The van der Waals surface area contributed by atoms with Crippen molar-refractivity contribution in [3.8, 4) is 0 Å². The largest absolute Gasteiger partial charge is 0.455 e. The van der Waals surface area contributed by atoms with E-state index in [4.69, 9.17) is 4.74 Å². The van der Waals surface area contributed by atoms with Gasteiger partial charge in [0.05, 0.1) is 5.56 Å². The van der Waals surface area contributed by atoms with E-state index in [1.807, 2.05) is 0 Å². The molecule has 0 N–H and O–H groups in total. The van der Waals surface area contributed by atoms with Gasteiger partial charge in [0, 0.05) is 6.20 Å². The van der Waals surface area contributed by atoms with Crippen LogP contribution in [0.1, 0.15) is 36.8 Å². The molecule has 0 saturated carbocycles. The molecule has 0 saturated heterocycles. The summed E-state index contributed by atoms with van der Waals surface area (Å²) in [6.07, 6.45) is -3.50. The highest BCUT2D eigenvalue weighted by molar-refractivity contribution is 5.89. The van der Waals surface area contributed by atoms with Crippen molar-refractivity contribution in [2.75, 3.05) is 0 Å². The van der Waals surface area contributed by atoms with Crippen LogP contribution in [-0.2, 0) is 10.9 Å². The molecule has 3 nitrogen and oxygen atoms in total. The van der Waals surface area contributed by atoms with Crippen LogP contribution in [0.2, 0.25) is 0 Å². The fourth-order valence-electron chi connectivity index (χ4n) is 1.12. The molecule has 0 unspecified atom stereocenters. The first-order valence-corrected chi connectivity index (χ1v) is 4.87. The Labute approximate surface area is 96.6 Å². The second-order valence-electron chi connectivity index (χ2n) is 4.40.